The Bertz CT molecular complexity index is 473. The number of nitrogens with zero attached hydrogens (tertiary/aromatic N) is 2. The first-order valence-electron chi connectivity index (χ1n) is 4.16. The van der Waals surface area contributed by atoms with Crippen molar-refractivity contribution in [2.45, 2.75) is 0 Å². The molecule has 9 heteroatoms. The van der Waals surface area contributed by atoms with Crippen molar-refractivity contribution >= 4 is 27.5 Å². The molecule has 88 valence electrons. The van der Waals surface area contributed by atoms with Crippen molar-refractivity contribution in [2.24, 2.45) is 5.14 Å². The smallest absolute Gasteiger partial charge is 0.271 e. The van der Waals surface area contributed by atoms with Crippen LogP contribution in [0.1, 0.15) is 10.5 Å². The van der Waals surface area contributed by atoms with Gasteiger partial charge in [-0.3, -0.25) is 4.79 Å². The van der Waals surface area contributed by atoms with Crippen molar-refractivity contribution in [3.63, 3.8) is 0 Å². The van der Waals surface area contributed by atoms with E-state index in [2.05, 4.69) is 15.5 Å². The van der Waals surface area contributed by atoms with Crippen molar-refractivity contribution in [2.75, 3.05) is 12.3 Å². The van der Waals surface area contributed by atoms with E-state index in [4.69, 9.17) is 16.7 Å². The molecule has 1 aromatic heterocycles. The molecule has 0 aliphatic carbocycles. The number of hydrogen-bond donors (Lipinski definition) is 2. The molecule has 0 aliphatic heterocycles. The van der Waals surface area contributed by atoms with Gasteiger partial charge in [-0.15, -0.1) is 10.2 Å². The van der Waals surface area contributed by atoms with E-state index >= 15 is 0 Å². The molecule has 0 saturated heterocycles. The van der Waals surface area contributed by atoms with Crippen LogP contribution < -0.4 is 10.5 Å². The van der Waals surface area contributed by atoms with E-state index in [-0.39, 0.29) is 23.1 Å². The number of rotatable bonds is 4. The summed E-state index contributed by atoms with van der Waals surface area (Å²) in [5.41, 5.74) is 0.0545. The maximum atomic E-state index is 11.3. The van der Waals surface area contributed by atoms with E-state index in [1.807, 2.05) is 0 Å². The lowest BCUT2D eigenvalue weighted by Crippen LogP contribution is -2.32. The standard InChI is InChI=1S/C7H9ClN4O3S/c8-6-2-1-5(11-12-6)7(13)10-3-4-16(9,14)15/h1-2H,3-4H2,(H,10,13)(H2,9,14,15). The average Bonchev–Trinajstić information content (AvgIpc) is 2.16. The van der Waals surface area contributed by atoms with Gasteiger partial charge in [-0.05, 0) is 12.1 Å². The minimum Gasteiger partial charge on any atom is -0.350 e. The Balaban J connectivity index is 2.50. The fraction of sp³-hybridized carbons (Fsp3) is 0.286. The lowest BCUT2D eigenvalue weighted by Gasteiger charge is -2.02. The quantitative estimate of drug-likeness (QED) is 0.735. The minimum absolute atomic E-state index is 0.0545. The molecule has 1 aromatic rings. The van der Waals surface area contributed by atoms with Crippen LogP contribution in [0, 0.1) is 0 Å². The molecule has 1 amide bonds. The summed E-state index contributed by atoms with van der Waals surface area (Å²) >= 11 is 5.48. The van der Waals surface area contributed by atoms with Crippen molar-refractivity contribution in [3.8, 4) is 0 Å². The summed E-state index contributed by atoms with van der Waals surface area (Å²) in [7, 11) is -3.58. The average molecular weight is 265 g/mol. The molecular weight excluding hydrogens is 256 g/mol. The lowest BCUT2D eigenvalue weighted by molar-refractivity contribution is 0.0950. The molecule has 0 unspecified atom stereocenters. The van der Waals surface area contributed by atoms with Gasteiger partial charge in [-0.1, -0.05) is 11.6 Å². The van der Waals surface area contributed by atoms with Gasteiger partial charge < -0.3 is 5.32 Å². The lowest BCUT2D eigenvalue weighted by atomic mass is 10.4. The molecule has 16 heavy (non-hydrogen) atoms. The summed E-state index contributed by atoms with van der Waals surface area (Å²) in [6, 6.07) is 2.78. The van der Waals surface area contributed by atoms with Crippen molar-refractivity contribution in [3.05, 3.63) is 23.0 Å². The number of carbonyl (C=O) groups is 1. The topological polar surface area (TPSA) is 115 Å². The molecule has 0 fully saturated rings. The van der Waals surface area contributed by atoms with E-state index in [1.165, 1.54) is 12.1 Å². The predicted molar refractivity (Wildman–Crippen MR) is 57.3 cm³/mol. The zero-order chi connectivity index (χ0) is 12.2. The highest BCUT2D eigenvalue weighted by atomic mass is 35.5. The zero-order valence-corrected chi connectivity index (χ0v) is 9.62. The third-order valence-electron chi connectivity index (χ3n) is 1.54. The first-order valence-corrected chi connectivity index (χ1v) is 6.26. The van der Waals surface area contributed by atoms with Crippen LogP contribution in [0.15, 0.2) is 12.1 Å². The van der Waals surface area contributed by atoms with Crippen LogP contribution in [0.2, 0.25) is 5.15 Å². The van der Waals surface area contributed by atoms with E-state index in [1.54, 1.807) is 0 Å². The number of primary sulfonamides is 1. The summed E-state index contributed by atoms with van der Waals surface area (Å²) in [4.78, 5) is 11.3. The van der Waals surface area contributed by atoms with Gasteiger partial charge in [0.1, 0.15) is 0 Å². The largest absolute Gasteiger partial charge is 0.350 e. The van der Waals surface area contributed by atoms with Crippen LogP contribution in [0.25, 0.3) is 0 Å². The van der Waals surface area contributed by atoms with Gasteiger partial charge in [0.15, 0.2) is 10.8 Å². The molecule has 0 atom stereocenters. The number of nitrogens with two attached hydrogens (primary N) is 1. The Morgan fingerprint density at radius 2 is 2.12 bits per heavy atom. The number of aromatic nitrogens is 2. The molecule has 0 aromatic carbocycles. The molecule has 0 bridgehead atoms. The molecule has 1 rings (SSSR count). The van der Waals surface area contributed by atoms with E-state index in [0.29, 0.717) is 0 Å². The van der Waals surface area contributed by atoms with Crippen LogP contribution in [0.5, 0.6) is 0 Å². The highest BCUT2D eigenvalue weighted by Crippen LogP contribution is 2.01. The van der Waals surface area contributed by atoms with Crippen LogP contribution in [0.4, 0.5) is 0 Å². The van der Waals surface area contributed by atoms with Gasteiger partial charge in [0.25, 0.3) is 5.91 Å². The normalized spacial score (nSPS) is 11.1. The Hall–Kier alpha value is -1.25. The number of hydrogen-bond acceptors (Lipinski definition) is 5. The van der Waals surface area contributed by atoms with Crippen molar-refractivity contribution in [1.29, 1.82) is 0 Å². The molecule has 0 spiro atoms. The summed E-state index contributed by atoms with van der Waals surface area (Å²) < 4.78 is 21.1. The first-order chi connectivity index (χ1) is 7.38. The fourth-order valence-electron chi connectivity index (χ4n) is 0.834. The highest BCUT2D eigenvalue weighted by Gasteiger charge is 2.09. The Morgan fingerprint density at radius 1 is 1.44 bits per heavy atom. The minimum atomic E-state index is -3.58. The van der Waals surface area contributed by atoms with Crippen LogP contribution in [-0.4, -0.2) is 36.8 Å². The third-order valence-corrected chi connectivity index (χ3v) is 2.51. The molecule has 7 nitrogen and oxygen atoms in total. The van der Waals surface area contributed by atoms with Gasteiger partial charge >= 0.3 is 0 Å². The van der Waals surface area contributed by atoms with Gasteiger partial charge in [-0.2, -0.15) is 0 Å². The zero-order valence-electron chi connectivity index (χ0n) is 8.05. The molecule has 1 heterocycles. The number of sulfonamides is 1. The summed E-state index contributed by atoms with van der Waals surface area (Å²) in [5.74, 6) is -0.868. The fourth-order valence-corrected chi connectivity index (χ4v) is 1.32. The maximum absolute atomic E-state index is 11.3. The molecule has 0 saturated carbocycles. The molecule has 0 aliphatic rings. The van der Waals surface area contributed by atoms with Gasteiger partial charge in [0, 0.05) is 6.54 Å². The summed E-state index contributed by atoms with van der Waals surface area (Å²) in [6.45, 7) is -0.0814. The molecule has 0 radical (unpaired) electrons. The number of amides is 1. The molecular formula is C7H9ClN4O3S. The highest BCUT2D eigenvalue weighted by molar-refractivity contribution is 7.89. The summed E-state index contributed by atoms with van der Waals surface area (Å²) in [6.07, 6.45) is 0. The second-order valence-electron chi connectivity index (χ2n) is 2.86. The second-order valence-corrected chi connectivity index (χ2v) is 4.99. The monoisotopic (exact) mass is 264 g/mol. The number of nitrogens with one attached hydrogen (secondary N) is 1. The molecule has 3 N–H and O–H groups in total. The van der Waals surface area contributed by atoms with Gasteiger partial charge in [0.05, 0.1) is 5.75 Å². The van der Waals surface area contributed by atoms with Crippen LogP contribution in [0.3, 0.4) is 0 Å². The van der Waals surface area contributed by atoms with Crippen molar-refractivity contribution in [1.82, 2.24) is 15.5 Å². The van der Waals surface area contributed by atoms with Crippen molar-refractivity contribution < 1.29 is 13.2 Å². The Kier molecular flexibility index (Phi) is 4.16. The summed E-state index contributed by atoms with van der Waals surface area (Å²) in [5, 5.41) is 14.2. The first kappa shape index (κ1) is 12.8. The third kappa shape index (κ3) is 4.51. The Morgan fingerprint density at radius 3 is 2.62 bits per heavy atom. The Labute approximate surface area is 97.0 Å². The maximum Gasteiger partial charge on any atom is 0.271 e. The second kappa shape index (κ2) is 5.19. The van der Waals surface area contributed by atoms with E-state index in [9.17, 15) is 13.2 Å². The predicted octanol–water partition coefficient (Wildman–Crippen LogP) is -0.852. The van der Waals surface area contributed by atoms with Gasteiger partial charge in [0.2, 0.25) is 10.0 Å². The SMILES string of the molecule is NS(=O)(=O)CCNC(=O)c1ccc(Cl)nn1. The van der Waals surface area contributed by atoms with E-state index in [0.717, 1.165) is 0 Å². The van der Waals surface area contributed by atoms with Crippen LogP contribution >= 0.6 is 11.6 Å². The van der Waals surface area contributed by atoms with Gasteiger partial charge in [-0.25, -0.2) is 13.6 Å². The number of halogens is 1. The van der Waals surface area contributed by atoms with E-state index < -0.39 is 15.9 Å². The number of carbonyl (C=O) groups excluding carboxylic acids is 1. The van der Waals surface area contributed by atoms with Crippen LogP contribution in [-0.2, 0) is 10.0 Å².